The maximum Gasteiger partial charge on any atom is 0.416 e. The lowest BCUT2D eigenvalue weighted by Gasteiger charge is -2.13. The Hall–Kier alpha value is -2.83. The molecule has 1 aliphatic carbocycles. The van der Waals surface area contributed by atoms with Crippen LogP contribution in [0.2, 0.25) is 0 Å². The van der Waals surface area contributed by atoms with Crippen LogP contribution in [0.25, 0.3) is 0 Å². The van der Waals surface area contributed by atoms with Crippen molar-refractivity contribution in [3.05, 3.63) is 65.5 Å². The second-order valence-electron chi connectivity index (χ2n) is 6.74. The van der Waals surface area contributed by atoms with Gasteiger partial charge in [0.05, 0.1) is 5.56 Å². The van der Waals surface area contributed by atoms with E-state index >= 15 is 0 Å². The van der Waals surface area contributed by atoms with Crippen LogP contribution in [-0.4, -0.2) is 17.4 Å². The average Bonchev–Trinajstić information content (AvgIpc) is 2.69. The highest BCUT2D eigenvalue weighted by Crippen LogP contribution is 2.29. The van der Waals surface area contributed by atoms with Crippen molar-refractivity contribution in [3.63, 3.8) is 0 Å². The van der Waals surface area contributed by atoms with E-state index in [1.54, 1.807) is 12.1 Å². The van der Waals surface area contributed by atoms with Gasteiger partial charge in [-0.15, -0.1) is 0 Å². The summed E-state index contributed by atoms with van der Waals surface area (Å²) in [6.45, 7) is 0.774. The zero-order valence-corrected chi connectivity index (χ0v) is 15.4. The van der Waals surface area contributed by atoms with Crippen molar-refractivity contribution in [2.45, 2.75) is 38.3 Å². The number of halogens is 3. The van der Waals surface area contributed by atoms with Crippen LogP contribution in [0, 0.1) is 0 Å². The Morgan fingerprint density at radius 1 is 1.07 bits per heavy atom. The smallest absolute Gasteiger partial charge is 0.385 e. The Kier molecular flexibility index (Phi) is 6.34. The lowest BCUT2D eigenvalue weighted by molar-refractivity contribution is -0.137. The first-order chi connectivity index (χ1) is 13.4. The molecule has 0 bridgehead atoms. The highest BCUT2D eigenvalue weighted by atomic mass is 19.4. The average molecular weight is 389 g/mol. The van der Waals surface area contributed by atoms with Gasteiger partial charge in [-0.1, -0.05) is 11.6 Å². The minimum atomic E-state index is -4.40. The summed E-state index contributed by atoms with van der Waals surface area (Å²) < 4.78 is 37.8. The normalized spacial score (nSPS) is 14.3. The second kappa shape index (κ2) is 8.91. The van der Waals surface area contributed by atoms with Gasteiger partial charge < -0.3 is 10.6 Å². The van der Waals surface area contributed by atoms with E-state index in [2.05, 4.69) is 21.7 Å². The monoisotopic (exact) mass is 389 g/mol. The molecular formula is C21H22F3N3O. The lowest BCUT2D eigenvalue weighted by Crippen LogP contribution is -2.14. The highest BCUT2D eigenvalue weighted by molar-refractivity contribution is 6.03. The minimum Gasteiger partial charge on any atom is -0.385 e. The van der Waals surface area contributed by atoms with Crippen LogP contribution in [0.5, 0.6) is 0 Å². The molecule has 1 amide bonds. The summed E-state index contributed by atoms with van der Waals surface area (Å²) in [5, 5.41) is 5.86. The highest BCUT2D eigenvalue weighted by Gasteiger charge is 2.30. The number of carbonyl (C=O) groups excluding carboxylic acids is 1. The maximum atomic E-state index is 12.6. The number of alkyl halides is 3. The van der Waals surface area contributed by atoms with E-state index in [4.69, 9.17) is 0 Å². The molecule has 0 radical (unpaired) electrons. The fourth-order valence-corrected chi connectivity index (χ4v) is 3.10. The van der Waals surface area contributed by atoms with E-state index in [-0.39, 0.29) is 11.4 Å². The van der Waals surface area contributed by atoms with Crippen LogP contribution in [-0.2, 0) is 6.18 Å². The number of anilines is 2. The molecule has 0 saturated carbocycles. The van der Waals surface area contributed by atoms with Gasteiger partial charge in [0, 0.05) is 24.1 Å². The first kappa shape index (κ1) is 19.9. The summed E-state index contributed by atoms with van der Waals surface area (Å²) >= 11 is 0. The number of aromatic nitrogens is 1. The van der Waals surface area contributed by atoms with Crippen LogP contribution < -0.4 is 10.6 Å². The largest absolute Gasteiger partial charge is 0.416 e. The summed E-state index contributed by atoms with van der Waals surface area (Å²) in [6, 6.07) is 7.72. The molecular weight excluding hydrogens is 367 g/mol. The maximum absolute atomic E-state index is 12.6. The van der Waals surface area contributed by atoms with Gasteiger partial charge >= 0.3 is 6.18 Å². The summed E-state index contributed by atoms with van der Waals surface area (Å²) in [5.74, 6) is -0.474. The number of carbonyl (C=O) groups is 1. The molecule has 1 aliphatic rings. The molecule has 0 fully saturated rings. The van der Waals surface area contributed by atoms with Gasteiger partial charge in [0.15, 0.2) is 0 Å². The third-order valence-corrected chi connectivity index (χ3v) is 4.62. The Labute approximate surface area is 161 Å². The number of nitrogens with zero attached hydrogens (tertiary/aromatic N) is 1. The molecule has 1 aromatic carbocycles. The van der Waals surface area contributed by atoms with Crippen LogP contribution >= 0.6 is 0 Å². The van der Waals surface area contributed by atoms with E-state index in [9.17, 15) is 18.0 Å². The molecule has 28 heavy (non-hydrogen) atoms. The fourth-order valence-electron chi connectivity index (χ4n) is 3.10. The Morgan fingerprint density at radius 3 is 2.54 bits per heavy atom. The van der Waals surface area contributed by atoms with Gasteiger partial charge in [-0.2, -0.15) is 13.2 Å². The van der Waals surface area contributed by atoms with Crippen molar-refractivity contribution in [1.82, 2.24) is 4.98 Å². The zero-order chi connectivity index (χ0) is 20.0. The molecule has 0 saturated heterocycles. The quantitative estimate of drug-likeness (QED) is 0.627. The Morgan fingerprint density at radius 2 is 1.86 bits per heavy atom. The SMILES string of the molecule is O=C(Nc1ccc(C(F)(F)F)cc1)c1cc(NCCC2=CCCCC2)ccn1. The van der Waals surface area contributed by atoms with Crippen molar-refractivity contribution < 1.29 is 18.0 Å². The number of benzene rings is 1. The Bertz CT molecular complexity index is 845. The van der Waals surface area contributed by atoms with Crippen LogP contribution in [0.4, 0.5) is 24.5 Å². The van der Waals surface area contributed by atoms with Gasteiger partial charge in [-0.3, -0.25) is 9.78 Å². The third-order valence-electron chi connectivity index (χ3n) is 4.62. The third kappa shape index (κ3) is 5.58. The van der Waals surface area contributed by atoms with Gasteiger partial charge in [-0.05, 0) is 68.5 Å². The van der Waals surface area contributed by atoms with E-state index in [1.807, 2.05) is 0 Å². The molecule has 0 aliphatic heterocycles. The van der Waals surface area contributed by atoms with E-state index in [1.165, 1.54) is 36.7 Å². The van der Waals surface area contributed by atoms with Gasteiger partial charge in [0.1, 0.15) is 5.69 Å². The summed E-state index contributed by atoms with van der Waals surface area (Å²) in [5.41, 5.74) is 1.96. The summed E-state index contributed by atoms with van der Waals surface area (Å²) in [6.07, 6.45) is 5.21. The predicted molar refractivity (Wildman–Crippen MR) is 103 cm³/mol. The number of nitrogens with one attached hydrogen (secondary N) is 2. The fraction of sp³-hybridized carbons (Fsp3) is 0.333. The van der Waals surface area contributed by atoms with Gasteiger partial charge in [0.25, 0.3) is 5.91 Å². The molecule has 1 aromatic heterocycles. The molecule has 3 rings (SSSR count). The number of hydrogen-bond acceptors (Lipinski definition) is 3. The number of allylic oxidation sites excluding steroid dienone is 1. The van der Waals surface area contributed by atoms with Gasteiger partial charge in [0.2, 0.25) is 0 Å². The Balaban J connectivity index is 1.56. The first-order valence-electron chi connectivity index (χ1n) is 9.28. The molecule has 2 aromatic rings. The van der Waals surface area contributed by atoms with Crippen molar-refractivity contribution in [2.75, 3.05) is 17.2 Å². The van der Waals surface area contributed by atoms with E-state index in [0.29, 0.717) is 0 Å². The standard InChI is InChI=1S/C21H22F3N3O/c22-21(23,24)16-6-8-17(9-7-16)27-20(28)19-14-18(11-13-26-19)25-12-10-15-4-2-1-3-5-15/h4,6-9,11,13-14H,1-3,5,10,12H2,(H,25,26)(H,27,28). The topological polar surface area (TPSA) is 54.0 Å². The van der Waals surface area contributed by atoms with Gasteiger partial charge in [-0.25, -0.2) is 0 Å². The molecule has 2 N–H and O–H groups in total. The van der Waals surface area contributed by atoms with Crippen molar-refractivity contribution in [1.29, 1.82) is 0 Å². The number of pyridine rings is 1. The summed E-state index contributed by atoms with van der Waals surface area (Å²) in [4.78, 5) is 16.4. The lowest BCUT2D eigenvalue weighted by atomic mass is 9.97. The molecule has 7 heteroatoms. The molecule has 0 unspecified atom stereocenters. The van der Waals surface area contributed by atoms with Crippen molar-refractivity contribution >= 4 is 17.3 Å². The van der Waals surface area contributed by atoms with Crippen molar-refractivity contribution in [2.24, 2.45) is 0 Å². The molecule has 148 valence electrons. The van der Waals surface area contributed by atoms with Crippen LogP contribution in [0.3, 0.4) is 0 Å². The summed E-state index contributed by atoms with van der Waals surface area (Å²) in [7, 11) is 0. The number of rotatable bonds is 6. The predicted octanol–water partition coefficient (Wildman–Crippen LogP) is 5.66. The molecule has 1 heterocycles. The van der Waals surface area contributed by atoms with Crippen LogP contribution in [0.15, 0.2) is 54.2 Å². The van der Waals surface area contributed by atoms with E-state index in [0.717, 1.165) is 43.6 Å². The van der Waals surface area contributed by atoms with E-state index < -0.39 is 17.6 Å². The number of amides is 1. The van der Waals surface area contributed by atoms with Crippen LogP contribution in [0.1, 0.15) is 48.2 Å². The van der Waals surface area contributed by atoms with Crippen molar-refractivity contribution in [3.8, 4) is 0 Å². The second-order valence-corrected chi connectivity index (χ2v) is 6.74. The first-order valence-corrected chi connectivity index (χ1v) is 9.28. The number of hydrogen-bond donors (Lipinski definition) is 2. The molecule has 4 nitrogen and oxygen atoms in total. The molecule has 0 atom stereocenters. The minimum absolute atomic E-state index is 0.196. The zero-order valence-electron chi connectivity index (χ0n) is 15.4. The molecule has 0 spiro atoms.